The molecule has 0 fully saturated rings. The van der Waals surface area contributed by atoms with Gasteiger partial charge in [0.25, 0.3) is 11.6 Å². The van der Waals surface area contributed by atoms with Gasteiger partial charge in [-0.3, -0.25) is 25.0 Å². The number of nitrogens with zero attached hydrogens (tertiary/aromatic N) is 3. The second-order valence-corrected chi connectivity index (χ2v) is 9.64. The zero-order valence-electron chi connectivity index (χ0n) is 19.7. The molecule has 0 aromatic heterocycles. The number of hydrogen-bond donors (Lipinski definition) is 2. The van der Waals surface area contributed by atoms with E-state index in [1.807, 2.05) is 12.1 Å². The number of amides is 1. The number of nitrogens with one attached hydrogen (secondary N) is 1. The minimum atomic E-state index is -0.957. The maximum absolute atomic E-state index is 12.0. The molecule has 0 aliphatic heterocycles. The molecule has 0 spiro atoms. The van der Waals surface area contributed by atoms with Crippen molar-refractivity contribution in [3.8, 4) is 11.5 Å². The van der Waals surface area contributed by atoms with Crippen LogP contribution >= 0.6 is 0 Å². The molecule has 0 radical (unpaired) electrons. The van der Waals surface area contributed by atoms with Crippen molar-refractivity contribution in [1.82, 2.24) is 5.43 Å². The molecule has 11 nitrogen and oxygen atoms in total. The lowest BCUT2D eigenvalue weighted by atomic mass is 9.72. The fraction of sp³-hybridized carbons (Fsp3) is 0.391. The lowest BCUT2D eigenvalue weighted by molar-refractivity contribution is -0.394. The number of benzene rings is 2. The van der Waals surface area contributed by atoms with Gasteiger partial charge in [0.1, 0.15) is 5.75 Å². The van der Waals surface area contributed by atoms with Gasteiger partial charge in [-0.1, -0.05) is 46.8 Å². The largest absolute Gasteiger partial charge is 0.502 e. The highest BCUT2D eigenvalue weighted by Gasteiger charge is 2.27. The lowest BCUT2D eigenvalue weighted by Crippen LogP contribution is -2.25. The Bertz CT molecular complexity index is 1100. The van der Waals surface area contributed by atoms with Crippen LogP contribution in [0.1, 0.15) is 52.2 Å². The second kappa shape index (κ2) is 10.3. The Balaban J connectivity index is 1.99. The molecule has 0 atom stereocenters. The summed E-state index contributed by atoms with van der Waals surface area (Å²) in [6, 6.07) is 8.99. The molecule has 0 aliphatic carbocycles. The highest BCUT2D eigenvalue weighted by molar-refractivity contribution is 5.88. The number of nitro benzene ring substituents is 2. The standard InChI is InChI=1S/C23H28N4O7/c1-22(2,3)14-23(4,5)16-6-8-18(9-7-16)34-13-20(28)25-24-12-15-10-17(26(30)31)11-19(21(15)29)27(32)33/h6-12,29H,13-14H2,1-5H3,(H,25,28)/b24-12-. The Hall–Kier alpha value is -4.02. The fourth-order valence-corrected chi connectivity index (χ4v) is 3.75. The lowest BCUT2D eigenvalue weighted by Gasteiger charge is -2.33. The molecule has 2 aromatic carbocycles. The average Bonchev–Trinajstić information content (AvgIpc) is 2.71. The number of aromatic hydroxyl groups is 1. The quantitative estimate of drug-likeness (QED) is 0.310. The third-order valence-corrected chi connectivity index (χ3v) is 4.88. The van der Waals surface area contributed by atoms with Gasteiger partial charge in [-0.15, -0.1) is 0 Å². The summed E-state index contributed by atoms with van der Waals surface area (Å²) >= 11 is 0. The molecule has 0 unspecified atom stereocenters. The number of ether oxygens (including phenoxy) is 1. The molecule has 0 saturated heterocycles. The number of hydrogen-bond acceptors (Lipinski definition) is 8. The molecule has 34 heavy (non-hydrogen) atoms. The van der Waals surface area contributed by atoms with Crippen molar-refractivity contribution in [2.75, 3.05) is 6.61 Å². The normalized spacial score (nSPS) is 11.9. The SMILES string of the molecule is CC(C)(C)CC(C)(C)c1ccc(OCC(=O)N/N=C\c2cc([N+](=O)[O-])cc([N+](=O)[O-])c2O)cc1. The summed E-state index contributed by atoms with van der Waals surface area (Å²) in [7, 11) is 0. The number of phenolic OH excluding ortho intramolecular Hbond substituents is 1. The first-order valence-corrected chi connectivity index (χ1v) is 10.4. The van der Waals surface area contributed by atoms with E-state index in [0.717, 1.165) is 24.3 Å². The van der Waals surface area contributed by atoms with Gasteiger partial charge in [0.2, 0.25) is 5.75 Å². The summed E-state index contributed by atoms with van der Waals surface area (Å²) in [6.07, 6.45) is 1.86. The van der Waals surface area contributed by atoms with E-state index in [9.17, 15) is 30.1 Å². The zero-order valence-corrected chi connectivity index (χ0v) is 19.7. The Morgan fingerprint density at radius 2 is 1.71 bits per heavy atom. The molecule has 0 heterocycles. The first-order valence-electron chi connectivity index (χ1n) is 10.4. The molecule has 0 bridgehead atoms. The number of nitro groups is 2. The zero-order chi connectivity index (χ0) is 25.7. The number of hydrazone groups is 1. The van der Waals surface area contributed by atoms with Crippen LogP contribution in [0.4, 0.5) is 11.4 Å². The number of non-ortho nitro benzene ring substituents is 1. The third-order valence-electron chi connectivity index (χ3n) is 4.88. The van der Waals surface area contributed by atoms with Crippen molar-refractivity contribution in [3.63, 3.8) is 0 Å². The Kier molecular flexibility index (Phi) is 7.93. The van der Waals surface area contributed by atoms with Crippen LogP contribution < -0.4 is 10.2 Å². The second-order valence-electron chi connectivity index (χ2n) is 9.64. The van der Waals surface area contributed by atoms with Gasteiger partial charge in [0.05, 0.1) is 27.7 Å². The molecule has 1 amide bonds. The van der Waals surface area contributed by atoms with Crippen LogP contribution in [-0.4, -0.2) is 33.7 Å². The predicted molar refractivity (Wildman–Crippen MR) is 126 cm³/mol. The average molecular weight is 472 g/mol. The molecular formula is C23H28N4O7. The molecule has 0 aliphatic rings. The van der Waals surface area contributed by atoms with E-state index in [0.29, 0.717) is 11.8 Å². The van der Waals surface area contributed by atoms with E-state index in [1.165, 1.54) is 0 Å². The summed E-state index contributed by atoms with van der Waals surface area (Å²) in [6.45, 7) is 10.6. The predicted octanol–water partition coefficient (Wildman–Crippen LogP) is 4.45. The van der Waals surface area contributed by atoms with E-state index < -0.39 is 32.9 Å². The molecule has 2 N–H and O–H groups in total. The van der Waals surface area contributed by atoms with Crippen LogP contribution in [0, 0.1) is 25.6 Å². The Labute approximate surface area is 196 Å². The molecule has 0 saturated carbocycles. The molecule has 11 heteroatoms. The molecule has 2 aromatic rings. The van der Waals surface area contributed by atoms with Gasteiger partial charge in [-0.2, -0.15) is 5.10 Å². The monoisotopic (exact) mass is 472 g/mol. The third kappa shape index (κ3) is 7.26. The number of rotatable bonds is 9. The number of carbonyl (C=O) groups is 1. The maximum atomic E-state index is 12.0. The van der Waals surface area contributed by atoms with Crippen LogP contribution in [-0.2, 0) is 10.2 Å². The number of phenols is 1. The van der Waals surface area contributed by atoms with Gasteiger partial charge in [0.15, 0.2) is 6.61 Å². The Morgan fingerprint density at radius 3 is 2.24 bits per heavy atom. The van der Waals surface area contributed by atoms with Gasteiger partial charge in [-0.05, 0) is 34.9 Å². The first-order chi connectivity index (χ1) is 15.7. The minimum Gasteiger partial charge on any atom is -0.502 e. The number of carbonyl (C=O) groups excluding carboxylic acids is 1. The van der Waals surface area contributed by atoms with Crippen molar-refractivity contribution in [2.24, 2.45) is 10.5 Å². The van der Waals surface area contributed by atoms with E-state index in [4.69, 9.17) is 4.74 Å². The van der Waals surface area contributed by atoms with E-state index in [2.05, 4.69) is 45.1 Å². The topological polar surface area (TPSA) is 157 Å². The van der Waals surface area contributed by atoms with Crippen molar-refractivity contribution >= 4 is 23.5 Å². The first kappa shape index (κ1) is 26.2. The van der Waals surface area contributed by atoms with Crippen LogP contribution in [0.5, 0.6) is 11.5 Å². The maximum Gasteiger partial charge on any atom is 0.318 e. The van der Waals surface area contributed by atoms with Crippen LogP contribution in [0.2, 0.25) is 0 Å². The van der Waals surface area contributed by atoms with E-state index in [1.54, 1.807) is 12.1 Å². The van der Waals surface area contributed by atoms with Crippen molar-refractivity contribution < 1.29 is 24.5 Å². The van der Waals surface area contributed by atoms with Gasteiger partial charge >= 0.3 is 5.69 Å². The minimum absolute atomic E-state index is 0.0317. The van der Waals surface area contributed by atoms with Crippen molar-refractivity contribution in [3.05, 3.63) is 67.8 Å². The van der Waals surface area contributed by atoms with Gasteiger partial charge < -0.3 is 9.84 Å². The highest BCUT2D eigenvalue weighted by atomic mass is 16.6. The molecule has 2 rings (SSSR count). The molecular weight excluding hydrogens is 444 g/mol. The van der Waals surface area contributed by atoms with Gasteiger partial charge in [-0.25, -0.2) is 5.43 Å². The van der Waals surface area contributed by atoms with E-state index in [-0.39, 0.29) is 23.0 Å². The van der Waals surface area contributed by atoms with Crippen LogP contribution in [0.3, 0.4) is 0 Å². The summed E-state index contributed by atoms with van der Waals surface area (Å²) < 4.78 is 5.45. The fourth-order valence-electron chi connectivity index (χ4n) is 3.75. The van der Waals surface area contributed by atoms with Crippen LogP contribution in [0.25, 0.3) is 0 Å². The Morgan fingerprint density at radius 1 is 1.09 bits per heavy atom. The summed E-state index contributed by atoms with van der Waals surface area (Å²) in [5.41, 5.74) is 1.68. The molecule has 182 valence electrons. The van der Waals surface area contributed by atoms with Crippen molar-refractivity contribution in [2.45, 2.75) is 46.5 Å². The summed E-state index contributed by atoms with van der Waals surface area (Å²) in [5, 5.41) is 35.4. The summed E-state index contributed by atoms with van der Waals surface area (Å²) in [5.74, 6) is -0.950. The van der Waals surface area contributed by atoms with E-state index >= 15 is 0 Å². The smallest absolute Gasteiger partial charge is 0.318 e. The van der Waals surface area contributed by atoms with Gasteiger partial charge in [0, 0.05) is 6.07 Å². The van der Waals surface area contributed by atoms with Crippen molar-refractivity contribution in [1.29, 1.82) is 0 Å². The van der Waals surface area contributed by atoms with Crippen LogP contribution in [0.15, 0.2) is 41.5 Å². The highest BCUT2D eigenvalue weighted by Crippen LogP contribution is 2.36. The summed E-state index contributed by atoms with van der Waals surface area (Å²) in [4.78, 5) is 32.1.